The Balaban J connectivity index is 2.26. The van der Waals surface area contributed by atoms with Crippen molar-refractivity contribution in [1.82, 2.24) is 9.97 Å². The molecule has 3 nitrogen and oxygen atoms in total. The van der Waals surface area contributed by atoms with Crippen molar-refractivity contribution in [2.75, 3.05) is 11.9 Å². The molecular weight excluding hydrogens is 278 g/mol. The average molecular weight is 292 g/mol. The summed E-state index contributed by atoms with van der Waals surface area (Å²) in [5, 5.41) is 3.26. The van der Waals surface area contributed by atoms with E-state index in [1.165, 1.54) is 0 Å². The molecule has 0 fully saturated rings. The van der Waals surface area contributed by atoms with Crippen molar-refractivity contribution in [3.05, 3.63) is 41.1 Å². The van der Waals surface area contributed by atoms with Gasteiger partial charge in [-0.25, -0.2) is 9.97 Å². The Morgan fingerprint density at radius 3 is 2.88 bits per heavy atom. The maximum Gasteiger partial charge on any atom is 0.129 e. The van der Waals surface area contributed by atoms with Crippen LogP contribution in [0.15, 0.2) is 41.1 Å². The molecule has 0 spiro atoms. The van der Waals surface area contributed by atoms with E-state index >= 15 is 0 Å². The first-order valence-electron chi connectivity index (χ1n) is 5.61. The summed E-state index contributed by atoms with van der Waals surface area (Å²) < 4.78 is 1.05. The van der Waals surface area contributed by atoms with Crippen LogP contribution in [0.25, 0.3) is 11.3 Å². The molecule has 0 unspecified atom stereocenters. The van der Waals surface area contributed by atoms with Crippen LogP contribution in [-0.4, -0.2) is 16.5 Å². The number of anilines is 1. The quantitative estimate of drug-likeness (QED) is 0.933. The number of aromatic nitrogens is 2. The Bertz CT molecular complexity index is 500. The van der Waals surface area contributed by atoms with Gasteiger partial charge in [0, 0.05) is 22.6 Å². The Labute approximate surface area is 109 Å². The topological polar surface area (TPSA) is 37.8 Å². The Morgan fingerprint density at radius 2 is 2.12 bits per heavy atom. The molecule has 0 saturated heterocycles. The van der Waals surface area contributed by atoms with Gasteiger partial charge >= 0.3 is 0 Å². The van der Waals surface area contributed by atoms with Crippen LogP contribution in [0.3, 0.4) is 0 Å². The summed E-state index contributed by atoms with van der Waals surface area (Å²) in [7, 11) is 0. The third-order valence-corrected chi connectivity index (χ3v) is 2.84. The second-order valence-corrected chi connectivity index (χ2v) is 4.64. The molecule has 4 heteroatoms. The molecule has 2 aromatic rings. The second-order valence-electron chi connectivity index (χ2n) is 3.73. The minimum absolute atomic E-state index is 0.872. The Hall–Kier alpha value is -1.42. The van der Waals surface area contributed by atoms with Crippen molar-refractivity contribution in [1.29, 1.82) is 0 Å². The molecule has 2 rings (SSSR count). The fourth-order valence-corrected chi connectivity index (χ4v) is 1.91. The smallest absolute Gasteiger partial charge is 0.129 e. The van der Waals surface area contributed by atoms with Crippen molar-refractivity contribution in [2.45, 2.75) is 13.3 Å². The normalized spacial score (nSPS) is 10.2. The SMILES string of the molecule is CCCNc1cc(-c2cccc(Br)c2)ncn1. The summed E-state index contributed by atoms with van der Waals surface area (Å²) in [5.41, 5.74) is 2.02. The van der Waals surface area contributed by atoms with Crippen molar-refractivity contribution < 1.29 is 0 Å². The van der Waals surface area contributed by atoms with Gasteiger partial charge in [0.25, 0.3) is 0 Å². The van der Waals surface area contributed by atoms with Crippen LogP contribution in [0.1, 0.15) is 13.3 Å². The maximum atomic E-state index is 4.29. The molecule has 0 atom stereocenters. The fraction of sp³-hybridized carbons (Fsp3) is 0.231. The number of hydrogen-bond donors (Lipinski definition) is 1. The van der Waals surface area contributed by atoms with Gasteiger partial charge in [-0.2, -0.15) is 0 Å². The number of rotatable bonds is 4. The lowest BCUT2D eigenvalue weighted by atomic mass is 10.1. The fourth-order valence-electron chi connectivity index (χ4n) is 1.51. The molecule has 0 aliphatic rings. The number of benzene rings is 1. The summed E-state index contributed by atoms with van der Waals surface area (Å²) in [5.74, 6) is 0.872. The van der Waals surface area contributed by atoms with Crippen molar-refractivity contribution in [3.63, 3.8) is 0 Å². The average Bonchev–Trinajstić information content (AvgIpc) is 2.37. The first kappa shape index (κ1) is 12.0. The molecule has 17 heavy (non-hydrogen) atoms. The van der Waals surface area contributed by atoms with Gasteiger partial charge in [-0.15, -0.1) is 0 Å². The lowest BCUT2D eigenvalue weighted by Gasteiger charge is -2.06. The molecule has 0 bridgehead atoms. The van der Waals surface area contributed by atoms with E-state index in [4.69, 9.17) is 0 Å². The summed E-state index contributed by atoms with van der Waals surface area (Å²) in [6.45, 7) is 3.05. The van der Waals surface area contributed by atoms with Crippen LogP contribution in [0.2, 0.25) is 0 Å². The molecule has 1 N–H and O–H groups in total. The highest BCUT2D eigenvalue weighted by Gasteiger charge is 2.01. The molecule has 88 valence electrons. The van der Waals surface area contributed by atoms with Crippen molar-refractivity contribution in [2.24, 2.45) is 0 Å². The Morgan fingerprint density at radius 1 is 1.24 bits per heavy atom. The van der Waals surface area contributed by atoms with Gasteiger partial charge in [0.2, 0.25) is 0 Å². The summed E-state index contributed by atoms with van der Waals surface area (Å²) >= 11 is 3.46. The van der Waals surface area contributed by atoms with Crippen LogP contribution in [0.5, 0.6) is 0 Å². The van der Waals surface area contributed by atoms with E-state index in [-0.39, 0.29) is 0 Å². The minimum Gasteiger partial charge on any atom is -0.370 e. The first-order chi connectivity index (χ1) is 8.29. The first-order valence-corrected chi connectivity index (χ1v) is 6.40. The number of halogens is 1. The highest BCUT2D eigenvalue weighted by atomic mass is 79.9. The molecule has 0 radical (unpaired) electrons. The van der Waals surface area contributed by atoms with Crippen LogP contribution < -0.4 is 5.32 Å². The van der Waals surface area contributed by atoms with Crippen molar-refractivity contribution in [3.8, 4) is 11.3 Å². The highest BCUT2D eigenvalue weighted by Crippen LogP contribution is 2.22. The lowest BCUT2D eigenvalue weighted by molar-refractivity contribution is 0.965. The molecule has 1 aromatic carbocycles. The summed E-state index contributed by atoms with van der Waals surface area (Å²) in [4.78, 5) is 8.48. The molecule has 1 heterocycles. The number of hydrogen-bond acceptors (Lipinski definition) is 3. The number of nitrogens with zero attached hydrogens (tertiary/aromatic N) is 2. The molecule has 0 aliphatic heterocycles. The lowest BCUT2D eigenvalue weighted by Crippen LogP contribution is -2.02. The van der Waals surface area contributed by atoms with Gasteiger partial charge in [-0.3, -0.25) is 0 Å². The van der Waals surface area contributed by atoms with Gasteiger partial charge in [0.15, 0.2) is 0 Å². The van der Waals surface area contributed by atoms with E-state index < -0.39 is 0 Å². The van der Waals surface area contributed by atoms with Gasteiger partial charge in [-0.05, 0) is 18.6 Å². The Kier molecular flexibility index (Phi) is 4.09. The summed E-state index contributed by atoms with van der Waals surface area (Å²) in [6, 6.07) is 10.1. The van der Waals surface area contributed by atoms with E-state index in [0.717, 1.165) is 34.5 Å². The zero-order valence-corrected chi connectivity index (χ0v) is 11.2. The van der Waals surface area contributed by atoms with E-state index in [9.17, 15) is 0 Å². The largest absolute Gasteiger partial charge is 0.370 e. The number of nitrogens with one attached hydrogen (secondary N) is 1. The molecular formula is C13H14BrN3. The van der Waals surface area contributed by atoms with Crippen LogP contribution in [0.4, 0.5) is 5.82 Å². The monoisotopic (exact) mass is 291 g/mol. The predicted molar refractivity (Wildman–Crippen MR) is 73.9 cm³/mol. The minimum atomic E-state index is 0.872. The zero-order valence-electron chi connectivity index (χ0n) is 9.65. The standard InChI is InChI=1S/C13H14BrN3/c1-2-6-15-13-8-12(16-9-17-13)10-4-3-5-11(14)7-10/h3-5,7-9H,2,6H2,1H3,(H,15,16,17). The van der Waals surface area contributed by atoms with Gasteiger partial charge in [0.05, 0.1) is 5.69 Å². The third kappa shape index (κ3) is 3.27. The van der Waals surface area contributed by atoms with E-state index in [2.05, 4.69) is 38.1 Å². The van der Waals surface area contributed by atoms with E-state index in [1.807, 2.05) is 30.3 Å². The van der Waals surface area contributed by atoms with Gasteiger partial charge in [0.1, 0.15) is 12.1 Å². The maximum absolute atomic E-state index is 4.29. The highest BCUT2D eigenvalue weighted by molar-refractivity contribution is 9.10. The zero-order chi connectivity index (χ0) is 12.1. The van der Waals surface area contributed by atoms with Gasteiger partial charge in [-0.1, -0.05) is 35.0 Å². The molecule has 0 amide bonds. The second kappa shape index (κ2) is 5.77. The van der Waals surface area contributed by atoms with Gasteiger partial charge < -0.3 is 5.32 Å². The molecule has 1 aromatic heterocycles. The summed E-state index contributed by atoms with van der Waals surface area (Å²) in [6.07, 6.45) is 2.67. The van der Waals surface area contributed by atoms with E-state index in [0.29, 0.717) is 0 Å². The van der Waals surface area contributed by atoms with E-state index in [1.54, 1.807) is 6.33 Å². The van der Waals surface area contributed by atoms with Crippen LogP contribution in [0, 0.1) is 0 Å². The molecule has 0 aliphatic carbocycles. The predicted octanol–water partition coefficient (Wildman–Crippen LogP) is 3.73. The van der Waals surface area contributed by atoms with Crippen LogP contribution >= 0.6 is 15.9 Å². The van der Waals surface area contributed by atoms with Crippen LogP contribution in [-0.2, 0) is 0 Å². The third-order valence-electron chi connectivity index (χ3n) is 2.34. The van der Waals surface area contributed by atoms with Crippen molar-refractivity contribution >= 4 is 21.7 Å². The molecule has 0 saturated carbocycles.